The molecule has 120 valence electrons. The second-order valence-corrected chi connectivity index (χ2v) is 4.21. The van der Waals surface area contributed by atoms with Gasteiger partial charge in [-0.25, -0.2) is 0 Å². The lowest BCUT2D eigenvalue weighted by Gasteiger charge is -2.30. The molecule has 0 aromatic carbocycles. The van der Waals surface area contributed by atoms with Crippen molar-refractivity contribution in [2.75, 3.05) is 13.7 Å². The van der Waals surface area contributed by atoms with Gasteiger partial charge >= 0.3 is 12.4 Å². The molecule has 1 unspecified atom stereocenters. The van der Waals surface area contributed by atoms with Crippen LogP contribution in [-0.2, 0) is 0 Å². The van der Waals surface area contributed by atoms with Crippen molar-refractivity contribution in [1.29, 1.82) is 0 Å². The zero-order valence-electron chi connectivity index (χ0n) is 11.2. The lowest BCUT2D eigenvalue weighted by molar-refractivity contribution is -0.292. The van der Waals surface area contributed by atoms with Crippen molar-refractivity contribution in [3.8, 4) is 5.75 Å². The van der Waals surface area contributed by atoms with Gasteiger partial charge in [-0.3, -0.25) is 4.98 Å². The van der Waals surface area contributed by atoms with Gasteiger partial charge in [0.1, 0.15) is 5.75 Å². The molecule has 0 aliphatic carbocycles. The molecule has 1 N–H and O–H groups in total. The highest BCUT2D eigenvalue weighted by Crippen LogP contribution is 2.46. The first-order valence-corrected chi connectivity index (χ1v) is 5.99. The molecular formula is C12H14F6N2O. The number of aromatic nitrogens is 1. The van der Waals surface area contributed by atoms with Crippen molar-refractivity contribution >= 4 is 0 Å². The zero-order chi connectivity index (χ0) is 16.3. The van der Waals surface area contributed by atoms with Crippen LogP contribution in [-0.4, -0.2) is 31.0 Å². The van der Waals surface area contributed by atoms with Crippen molar-refractivity contribution in [2.45, 2.75) is 25.3 Å². The van der Waals surface area contributed by atoms with Gasteiger partial charge in [-0.1, -0.05) is 0 Å². The number of pyridine rings is 1. The molecule has 0 amide bonds. The minimum absolute atomic E-state index is 0.110. The molecule has 1 aromatic rings. The second-order valence-electron chi connectivity index (χ2n) is 4.21. The number of nitrogens with zero attached hydrogens (tertiary/aromatic N) is 1. The van der Waals surface area contributed by atoms with E-state index in [0.717, 1.165) is 19.3 Å². The molecule has 0 aliphatic rings. The molecule has 0 saturated heterocycles. The van der Waals surface area contributed by atoms with Gasteiger partial charge in [0, 0.05) is 6.20 Å². The van der Waals surface area contributed by atoms with E-state index in [0.29, 0.717) is 0 Å². The number of nitrogens with one attached hydrogen (secondary N) is 1. The maximum atomic E-state index is 12.8. The van der Waals surface area contributed by atoms with E-state index in [1.807, 2.05) is 0 Å². The maximum absolute atomic E-state index is 12.8. The van der Waals surface area contributed by atoms with Crippen LogP contribution in [0.5, 0.6) is 5.75 Å². The van der Waals surface area contributed by atoms with Crippen LogP contribution in [0.3, 0.4) is 0 Å². The average Bonchev–Trinajstić information content (AvgIpc) is 2.33. The van der Waals surface area contributed by atoms with Crippen LogP contribution >= 0.6 is 0 Å². The summed E-state index contributed by atoms with van der Waals surface area (Å²) in [5.74, 6) is -3.42. The molecule has 9 heteroatoms. The summed E-state index contributed by atoms with van der Waals surface area (Å²) < 4.78 is 81.7. The standard InChI is InChI=1S/C12H14F6N2O/c1-3-21-8-4-7(5-20-6-8)9(19-2)10(11(13,14)15)12(16,17)18/h4-6,9-10,19H,3H2,1-2H3. The number of hydrogen-bond donors (Lipinski definition) is 1. The number of hydrogen-bond acceptors (Lipinski definition) is 3. The Labute approximate surface area is 117 Å². The Bertz CT molecular complexity index is 446. The highest BCUT2D eigenvalue weighted by molar-refractivity contribution is 5.27. The van der Waals surface area contributed by atoms with Crippen LogP contribution in [0, 0.1) is 5.92 Å². The fraction of sp³-hybridized carbons (Fsp3) is 0.583. The summed E-state index contributed by atoms with van der Waals surface area (Å²) >= 11 is 0. The largest absolute Gasteiger partial charge is 0.492 e. The van der Waals surface area contributed by atoms with Crippen molar-refractivity contribution in [2.24, 2.45) is 5.92 Å². The highest BCUT2D eigenvalue weighted by Gasteiger charge is 2.60. The van der Waals surface area contributed by atoms with E-state index in [1.165, 1.54) is 6.20 Å². The van der Waals surface area contributed by atoms with E-state index in [4.69, 9.17) is 4.74 Å². The Balaban J connectivity index is 3.23. The maximum Gasteiger partial charge on any atom is 0.402 e. The molecule has 1 aromatic heterocycles. The van der Waals surface area contributed by atoms with Crippen molar-refractivity contribution in [3.63, 3.8) is 0 Å². The average molecular weight is 316 g/mol. The van der Waals surface area contributed by atoms with Crippen LogP contribution in [0.15, 0.2) is 18.5 Å². The Morgan fingerprint density at radius 2 is 1.71 bits per heavy atom. The fourth-order valence-corrected chi connectivity index (χ4v) is 1.94. The summed E-state index contributed by atoms with van der Waals surface area (Å²) in [6.07, 6.45) is -8.70. The number of halogens is 6. The summed E-state index contributed by atoms with van der Waals surface area (Å²) in [4.78, 5) is 3.62. The lowest BCUT2D eigenvalue weighted by atomic mass is 9.92. The molecule has 0 spiro atoms. The molecule has 0 aliphatic heterocycles. The smallest absolute Gasteiger partial charge is 0.402 e. The normalized spacial score (nSPS) is 14.3. The summed E-state index contributed by atoms with van der Waals surface area (Å²) in [6, 6.07) is -0.889. The first-order chi connectivity index (χ1) is 9.61. The van der Waals surface area contributed by atoms with Crippen molar-refractivity contribution < 1.29 is 31.1 Å². The van der Waals surface area contributed by atoms with Gasteiger partial charge in [0.2, 0.25) is 0 Å². The Hall–Kier alpha value is -1.51. The van der Waals surface area contributed by atoms with Gasteiger partial charge in [0.05, 0.1) is 18.8 Å². The molecule has 0 radical (unpaired) electrons. The van der Waals surface area contributed by atoms with E-state index >= 15 is 0 Å². The lowest BCUT2D eigenvalue weighted by Crippen LogP contribution is -2.45. The topological polar surface area (TPSA) is 34.1 Å². The third kappa shape index (κ3) is 4.48. The molecule has 1 rings (SSSR count). The molecule has 0 fully saturated rings. The van der Waals surface area contributed by atoms with E-state index < -0.39 is 24.3 Å². The Morgan fingerprint density at radius 3 is 2.14 bits per heavy atom. The second kappa shape index (κ2) is 6.50. The summed E-state index contributed by atoms with van der Waals surface area (Å²) in [5.41, 5.74) is -0.247. The van der Waals surface area contributed by atoms with Gasteiger partial charge < -0.3 is 10.1 Å². The van der Waals surface area contributed by atoms with Gasteiger partial charge in [-0.15, -0.1) is 0 Å². The van der Waals surface area contributed by atoms with Crippen LogP contribution in [0.1, 0.15) is 18.5 Å². The monoisotopic (exact) mass is 316 g/mol. The van der Waals surface area contributed by atoms with E-state index in [9.17, 15) is 26.3 Å². The first kappa shape index (κ1) is 17.5. The molecule has 0 saturated carbocycles. The molecular weight excluding hydrogens is 302 g/mol. The van der Waals surface area contributed by atoms with Crippen molar-refractivity contribution in [1.82, 2.24) is 10.3 Å². The molecule has 0 bridgehead atoms. The molecule has 1 heterocycles. The van der Waals surface area contributed by atoms with Gasteiger partial charge in [-0.2, -0.15) is 26.3 Å². The van der Waals surface area contributed by atoms with Gasteiger partial charge in [0.25, 0.3) is 0 Å². The Kier molecular flexibility index (Phi) is 5.43. The molecule has 3 nitrogen and oxygen atoms in total. The fourth-order valence-electron chi connectivity index (χ4n) is 1.94. The highest BCUT2D eigenvalue weighted by atomic mass is 19.4. The molecule has 21 heavy (non-hydrogen) atoms. The van der Waals surface area contributed by atoms with E-state index in [-0.39, 0.29) is 17.9 Å². The van der Waals surface area contributed by atoms with Crippen LogP contribution < -0.4 is 10.1 Å². The third-order valence-corrected chi connectivity index (χ3v) is 2.75. The van der Waals surface area contributed by atoms with Gasteiger partial charge in [0.15, 0.2) is 5.92 Å². The predicted octanol–water partition coefficient (Wildman–Crippen LogP) is 3.48. The molecule has 1 atom stereocenters. The number of alkyl halides is 6. The zero-order valence-corrected chi connectivity index (χ0v) is 11.2. The number of ether oxygens (including phenoxy) is 1. The SMILES string of the molecule is CCOc1cncc(C(NC)C(C(F)(F)F)C(F)(F)F)c1. The third-order valence-electron chi connectivity index (χ3n) is 2.75. The van der Waals surface area contributed by atoms with Crippen LogP contribution in [0.4, 0.5) is 26.3 Å². The Morgan fingerprint density at radius 1 is 1.14 bits per heavy atom. The summed E-state index contributed by atoms with van der Waals surface area (Å²) in [5, 5.41) is 2.07. The summed E-state index contributed by atoms with van der Waals surface area (Å²) in [7, 11) is 1.03. The summed E-state index contributed by atoms with van der Waals surface area (Å²) in [6.45, 7) is 1.85. The van der Waals surface area contributed by atoms with E-state index in [1.54, 1.807) is 6.92 Å². The minimum Gasteiger partial charge on any atom is -0.492 e. The minimum atomic E-state index is -5.44. The van der Waals surface area contributed by atoms with Crippen molar-refractivity contribution in [3.05, 3.63) is 24.0 Å². The van der Waals surface area contributed by atoms with Gasteiger partial charge in [-0.05, 0) is 25.6 Å². The van der Waals surface area contributed by atoms with E-state index in [2.05, 4.69) is 10.3 Å². The predicted molar refractivity (Wildman–Crippen MR) is 62.8 cm³/mol. The van der Waals surface area contributed by atoms with Crippen LogP contribution in [0.25, 0.3) is 0 Å². The quantitative estimate of drug-likeness (QED) is 0.845. The first-order valence-electron chi connectivity index (χ1n) is 5.99. The number of rotatable bonds is 5. The van der Waals surface area contributed by atoms with Crippen LogP contribution in [0.2, 0.25) is 0 Å².